The van der Waals surface area contributed by atoms with Crippen LogP contribution < -0.4 is 5.73 Å². The minimum Gasteiger partial charge on any atom is -0.391 e. The Labute approximate surface area is 162 Å². The molecule has 0 fully saturated rings. The lowest BCUT2D eigenvalue weighted by Crippen LogP contribution is -2.38. The van der Waals surface area contributed by atoms with E-state index < -0.39 is 5.54 Å². The first-order valence-electron chi connectivity index (χ1n) is 8.07. The predicted molar refractivity (Wildman–Crippen MR) is 117 cm³/mol. The van der Waals surface area contributed by atoms with Crippen molar-refractivity contribution in [2.45, 2.75) is 51.2 Å². The van der Waals surface area contributed by atoms with Crippen LogP contribution in [0.15, 0.2) is 15.0 Å². The quantitative estimate of drug-likeness (QED) is 0.730. The Hall–Kier alpha value is -0.0500. The second kappa shape index (κ2) is 6.28. The average molecular weight is 401 g/mol. The molecule has 0 spiro atoms. The van der Waals surface area contributed by atoms with Crippen molar-refractivity contribution in [1.29, 1.82) is 0 Å². The monoisotopic (exact) mass is 400 g/mol. The smallest absolute Gasteiger partial charge is 0.118 e. The molecule has 0 amide bonds. The highest BCUT2D eigenvalue weighted by molar-refractivity contribution is 8.17. The Balaban J connectivity index is 1.87. The van der Waals surface area contributed by atoms with Gasteiger partial charge in [0, 0.05) is 23.2 Å². The van der Waals surface area contributed by atoms with E-state index in [2.05, 4.69) is 27.7 Å². The first kappa shape index (κ1) is 18.7. The highest BCUT2D eigenvalue weighted by Crippen LogP contribution is 2.44. The van der Waals surface area contributed by atoms with E-state index >= 15 is 0 Å². The fourth-order valence-corrected chi connectivity index (χ4v) is 6.98. The van der Waals surface area contributed by atoms with Crippen molar-refractivity contribution in [3.8, 4) is 0 Å². The molecule has 3 heterocycles. The van der Waals surface area contributed by atoms with Gasteiger partial charge in [-0.05, 0) is 20.8 Å². The van der Waals surface area contributed by atoms with E-state index in [0.717, 1.165) is 27.3 Å². The molecule has 0 aliphatic carbocycles. The van der Waals surface area contributed by atoms with Gasteiger partial charge in [-0.2, -0.15) is 0 Å². The summed E-state index contributed by atoms with van der Waals surface area (Å²) >= 11 is 10.6. The van der Waals surface area contributed by atoms with Gasteiger partial charge in [-0.1, -0.05) is 26.1 Å². The van der Waals surface area contributed by atoms with E-state index in [0.29, 0.717) is 10.9 Å². The topological polar surface area (TPSA) is 63.1 Å². The van der Waals surface area contributed by atoms with Crippen LogP contribution in [0.2, 0.25) is 0 Å². The van der Waals surface area contributed by atoms with Gasteiger partial charge in [0.2, 0.25) is 0 Å². The van der Waals surface area contributed by atoms with Crippen LogP contribution in [0.5, 0.6) is 0 Å². The summed E-state index contributed by atoms with van der Waals surface area (Å²) in [7, 11) is 0. The third kappa shape index (κ3) is 3.19. The molecule has 4 nitrogen and oxygen atoms in total. The minimum atomic E-state index is -0.433. The molecule has 132 valence electrons. The number of aliphatic imine (C=N–C) groups is 3. The second-order valence-corrected chi connectivity index (χ2v) is 10.9. The number of hydrogen-bond acceptors (Lipinski definition) is 7. The fraction of sp³-hybridized carbons (Fsp3) is 0.750. The van der Waals surface area contributed by atoms with Gasteiger partial charge in [0.25, 0.3) is 0 Å². The van der Waals surface area contributed by atoms with Crippen LogP contribution in [-0.4, -0.2) is 54.0 Å². The molecular weight excluding hydrogens is 376 g/mol. The lowest BCUT2D eigenvalue weighted by Gasteiger charge is -2.21. The first-order chi connectivity index (χ1) is 11.1. The van der Waals surface area contributed by atoms with Crippen molar-refractivity contribution in [1.82, 2.24) is 0 Å². The van der Waals surface area contributed by atoms with E-state index in [9.17, 15) is 0 Å². The zero-order valence-corrected chi connectivity index (χ0v) is 18.0. The molecule has 0 saturated heterocycles. The van der Waals surface area contributed by atoms with Crippen LogP contribution in [0.4, 0.5) is 0 Å². The van der Waals surface area contributed by atoms with Crippen LogP contribution in [0.25, 0.3) is 0 Å². The lowest BCUT2D eigenvalue weighted by molar-refractivity contribution is 0.680. The van der Waals surface area contributed by atoms with Gasteiger partial charge in [-0.25, -0.2) is 0 Å². The summed E-state index contributed by atoms with van der Waals surface area (Å²) in [6.07, 6.45) is 0. The maximum atomic E-state index is 5.88. The van der Waals surface area contributed by atoms with Crippen LogP contribution in [0.3, 0.4) is 0 Å². The lowest BCUT2D eigenvalue weighted by atomic mass is 10.0. The molecule has 0 radical (unpaired) electrons. The van der Waals surface area contributed by atoms with E-state index in [1.54, 1.807) is 11.8 Å². The number of hydrogen-bond donors (Lipinski definition) is 1. The van der Waals surface area contributed by atoms with Gasteiger partial charge >= 0.3 is 0 Å². The molecule has 24 heavy (non-hydrogen) atoms. The molecule has 0 aromatic heterocycles. The first-order valence-corrected chi connectivity index (χ1v) is 11.4. The number of nitrogens with zero attached hydrogens (tertiary/aromatic N) is 3. The Kier molecular flexibility index (Phi) is 4.90. The van der Waals surface area contributed by atoms with Crippen molar-refractivity contribution >= 4 is 67.6 Å². The highest BCUT2D eigenvalue weighted by atomic mass is 32.2. The van der Waals surface area contributed by atoms with Crippen molar-refractivity contribution in [2.24, 2.45) is 26.6 Å². The van der Waals surface area contributed by atoms with Crippen LogP contribution in [0.1, 0.15) is 34.6 Å². The molecule has 0 unspecified atom stereocenters. The van der Waals surface area contributed by atoms with Crippen molar-refractivity contribution in [3.63, 3.8) is 0 Å². The SMILES string of the molecule is CC(C)C1=N[C@@](C)(C2=N[C@](C)(C3=N[C@](C)(C(N)=S)CS3)CS2)CS1. The van der Waals surface area contributed by atoms with Gasteiger partial charge in [0.15, 0.2) is 0 Å². The molecule has 0 saturated carbocycles. The summed E-state index contributed by atoms with van der Waals surface area (Å²) in [5, 5.41) is 3.44. The largest absolute Gasteiger partial charge is 0.391 e. The molecule has 3 atom stereocenters. The average Bonchev–Trinajstić information content (AvgIpc) is 3.18. The fourth-order valence-electron chi connectivity index (χ4n) is 2.71. The molecule has 0 aromatic rings. The Bertz CT molecular complexity index is 671. The summed E-state index contributed by atoms with van der Waals surface area (Å²) in [4.78, 5) is 15.4. The maximum Gasteiger partial charge on any atom is 0.118 e. The molecule has 0 bridgehead atoms. The number of rotatable bonds is 4. The molecule has 3 aliphatic rings. The molecule has 3 rings (SSSR count). The van der Waals surface area contributed by atoms with Gasteiger partial charge in [0.05, 0.1) is 15.1 Å². The zero-order valence-electron chi connectivity index (χ0n) is 14.8. The summed E-state index contributed by atoms with van der Waals surface area (Å²) in [6.45, 7) is 10.8. The minimum absolute atomic E-state index is 0.191. The standard InChI is InChI=1S/C16H24N4S4/c1-9(2)10-18-15(4,7-22-10)12-20-16(5,8-24-12)13-19-14(3,6-23-13)11(17)21/h9H,6-8H2,1-5H3,(H2,17,21)/t14-,15+,16-/m0/s1. The van der Waals surface area contributed by atoms with Crippen molar-refractivity contribution in [2.75, 3.05) is 17.3 Å². The molecule has 8 heteroatoms. The molecule has 3 aliphatic heterocycles. The number of nitrogens with two attached hydrogens (primary N) is 1. The normalized spacial score (nSPS) is 39.2. The van der Waals surface area contributed by atoms with Gasteiger partial charge in [-0.15, -0.1) is 35.3 Å². The summed E-state index contributed by atoms with van der Waals surface area (Å²) < 4.78 is 0. The Morgan fingerprint density at radius 2 is 1.50 bits per heavy atom. The molecule has 2 N–H and O–H groups in total. The Morgan fingerprint density at radius 1 is 0.958 bits per heavy atom. The Morgan fingerprint density at radius 3 is 2.04 bits per heavy atom. The van der Waals surface area contributed by atoms with E-state index in [4.69, 9.17) is 32.9 Å². The third-order valence-electron chi connectivity index (χ3n) is 4.48. The van der Waals surface area contributed by atoms with Crippen molar-refractivity contribution < 1.29 is 0 Å². The second-order valence-electron chi connectivity index (χ2n) is 7.49. The van der Waals surface area contributed by atoms with E-state index in [-0.39, 0.29) is 11.1 Å². The van der Waals surface area contributed by atoms with Gasteiger partial charge in [0.1, 0.15) is 21.6 Å². The summed E-state index contributed by atoms with van der Waals surface area (Å²) in [5.74, 6) is 3.18. The third-order valence-corrected chi connectivity index (χ3v) is 9.51. The van der Waals surface area contributed by atoms with Crippen LogP contribution >= 0.6 is 47.5 Å². The maximum absolute atomic E-state index is 5.88. The van der Waals surface area contributed by atoms with Gasteiger partial charge < -0.3 is 5.73 Å². The van der Waals surface area contributed by atoms with Gasteiger partial charge in [-0.3, -0.25) is 15.0 Å². The highest BCUT2D eigenvalue weighted by Gasteiger charge is 2.47. The van der Waals surface area contributed by atoms with E-state index in [1.807, 2.05) is 30.4 Å². The molecule has 0 aromatic carbocycles. The number of thiocarbonyl (C=S) groups is 1. The zero-order chi connectivity index (χ0) is 17.8. The van der Waals surface area contributed by atoms with Crippen LogP contribution in [0, 0.1) is 5.92 Å². The predicted octanol–water partition coefficient (Wildman–Crippen LogP) is 3.64. The van der Waals surface area contributed by atoms with Crippen molar-refractivity contribution in [3.05, 3.63) is 0 Å². The molecular formula is C16H24N4S4. The van der Waals surface area contributed by atoms with E-state index in [1.165, 1.54) is 5.04 Å². The summed E-state index contributed by atoms with van der Waals surface area (Å²) in [5.41, 5.74) is 4.97. The summed E-state index contributed by atoms with van der Waals surface area (Å²) in [6, 6.07) is 0. The van der Waals surface area contributed by atoms with Crippen LogP contribution in [-0.2, 0) is 0 Å². The number of thioether (sulfide) groups is 3.